The predicted octanol–water partition coefficient (Wildman–Crippen LogP) is 3.29. The highest BCUT2D eigenvalue weighted by Crippen LogP contribution is 2.15. The second-order valence-electron chi connectivity index (χ2n) is 5.99. The first kappa shape index (κ1) is 17.5. The molecule has 0 saturated carbocycles. The third kappa shape index (κ3) is 4.19. The van der Waals surface area contributed by atoms with Crippen molar-refractivity contribution < 1.29 is 18.5 Å². The van der Waals surface area contributed by atoms with Crippen molar-refractivity contribution in [3.05, 3.63) is 95.6 Å². The molecule has 0 spiro atoms. The zero-order valence-corrected chi connectivity index (χ0v) is 14.3. The van der Waals surface area contributed by atoms with Crippen LogP contribution in [0.2, 0.25) is 0 Å². The predicted molar refractivity (Wildman–Crippen MR) is 96.3 cm³/mol. The topological polar surface area (TPSA) is 50.1 Å². The van der Waals surface area contributed by atoms with Crippen molar-refractivity contribution in [1.29, 1.82) is 0 Å². The highest BCUT2D eigenvalue weighted by Gasteiger charge is 2.14. The van der Waals surface area contributed by atoms with Crippen molar-refractivity contribution in [3.63, 3.8) is 0 Å². The Kier molecular flexibility index (Phi) is 5.17. The Morgan fingerprint density at radius 2 is 1.62 bits per heavy atom. The van der Waals surface area contributed by atoms with Crippen LogP contribution in [0, 0.1) is 12.7 Å². The Morgan fingerprint density at radius 3 is 2.27 bits per heavy atom. The molecule has 26 heavy (non-hydrogen) atoms. The fourth-order valence-corrected chi connectivity index (χ4v) is 2.55. The average molecular weight is 349 g/mol. The number of anilines is 1. The summed E-state index contributed by atoms with van der Waals surface area (Å²) in [5.41, 5.74) is 2.08. The highest BCUT2D eigenvalue weighted by atomic mass is 19.1. The van der Waals surface area contributed by atoms with Crippen LogP contribution in [-0.2, 0) is 11.3 Å². The largest absolute Gasteiger partial charge is 0.318 e. The number of hydrogen-bond acceptors (Lipinski definition) is 2. The number of nitrogens with one attached hydrogen (secondary N) is 1. The quantitative estimate of drug-likeness (QED) is 0.568. The normalized spacial score (nSPS) is 10.4. The first-order valence-corrected chi connectivity index (χ1v) is 8.18. The molecule has 5 heteroatoms. The number of aryl methyl sites for hydroxylation is 1. The van der Waals surface area contributed by atoms with Gasteiger partial charge in [0, 0.05) is 23.3 Å². The van der Waals surface area contributed by atoms with Gasteiger partial charge in [-0.2, -0.15) is 4.57 Å². The van der Waals surface area contributed by atoms with Gasteiger partial charge < -0.3 is 5.32 Å². The Bertz CT molecular complexity index is 938. The number of hydrogen-bond donors (Lipinski definition) is 1. The van der Waals surface area contributed by atoms with E-state index in [4.69, 9.17) is 0 Å². The lowest BCUT2D eigenvalue weighted by Crippen LogP contribution is -2.39. The van der Waals surface area contributed by atoms with Gasteiger partial charge in [-0.3, -0.25) is 9.59 Å². The van der Waals surface area contributed by atoms with Crippen molar-refractivity contribution in [3.8, 4) is 0 Å². The van der Waals surface area contributed by atoms with Crippen LogP contribution < -0.4 is 9.88 Å². The van der Waals surface area contributed by atoms with Crippen LogP contribution in [0.5, 0.6) is 0 Å². The van der Waals surface area contributed by atoms with Gasteiger partial charge in [-0.05, 0) is 24.6 Å². The van der Waals surface area contributed by atoms with Gasteiger partial charge in [0.1, 0.15) is 5.82 Å². The van der Waals surface area contributed by atoms with Gasteiger partial charge in [0.25, 0.3) is 5.91 Å². The Hall–Kier alpha value is -3.34. The van der Waals surface area contributed by atoms with Crippen LogP contribution in [-0.4, -0.2) is 11.7 Å². The fourth-order valence-electron chi connectivity index (χ4n) is 2.55. The zero-order chi connectivity index (χ0) is 18.5. The van der Waals surface area contributed by atoms with Crippen LogP contribution in [0.15, 0.2) is 73.1 Å². The fraction of sp³-hybridized carbons (Fsp3) is 0.0952. The lowest BCUT2D eigenvalue weighted by Gasteiger charge is -2.05. The van der Waals surface area contributed by atoms with Crippen LogP contribution in [0.3, 0.4) is 0 Å². The average Bonchev–Trinajstić information content (AvgIpc) is 2.65. The third-order valence-electron chi connectivity index (χ3n) is 3.91. The summed E-state index contributed by atoms with van der Waals surface area (Å²) in [6.45, 7) is 1.80. The molecule has 0 atom stereocenters. The van der Waals surface area contributed by atoms with E-state index >= 15 is 0 Å². The molecule has 2 aromatic carbocycles. The number of ketones is 1. The third-order valence-corrected chi connectivity index (χ3v) is 3.91. The molecule has 0 aliphatic heterocycles. The number of benzene rings is 2. The van der Waals surface area contributed by atoms with Crippen LogP contribution in [0.4, 0.5) is 10.1 Å². The zero-order valence-electron chi connectivity index (χ0n) is 14.3. The second kappa shape index (κ2) is 7.70. The molecule has 1 N–H and O–H groups in total. The van der Waals surface area contributed by atoms with Gasteiger partial charge >= 0.3 is 0 Å². The lowest BCUT2D eigenvalue weighted by molar-refractivity contribution is -0.684. The minimum absolute atomic E-state index is 0.0210. The van der Waals surface area contributed by atoms with E-state index in [1.165, 1.54) is 12.1 Å². The maximum absolute atomic E-state index is 13.8. The molecule has 0 saturated heterocycles. The number of carbonyl (C=O) groups is 2. The van der Waals surface area contributed by atoms with E-state index in [-0.39, 0.29) is 23.9 Å². The van der Waals surface area contributed by atoms with E-state index in [9.17, 15) is 14.0 Å². The first-order chi connectivity index (χ1) is 12.5. The number of rotatable bonds is 5. The molecule has 0 unspecified atom stereocenters. The molecular weight excluding hydrogens is 331 g/mol. The molecule has 4 nitrogen and oxygen atoms in total. The van der Waals surface area contributed by atoms with E-state index in [1.54, 1.807) is 54.2 Å². The minimum atomic E-state index is -0.466. The Labute approximate surface area is 150 Å². The Morgan fingerprint density at radius 1 is 0.962 bits per heavy atom. The summed E-state index contributed by atoms with van der Waals surface area (Å²) in [5.74, 6) is -0.893. The minimum Gasteiger partial charge on any atom is -0.318 e. The molecule has 0 bridgehead atoms. The van der Waals surface area contributed by atoms with E-state index in [0.717, 1.165) is 5.56 Å². The van der Waals surface area contributed by atoms with Crippen LogP contribution in [0.25, 0.3) is 0 Å². The molecule has 1 aromatic heterocycles. The molecule has 0 aliphatic rings. The number of carbonyl (C=O) groups excluding carboxylic acids is 2. The molecule has 0 radical (unpaired) electrons. The van der Waals surface area contributed by atoms with Crippen LogP contribution >= 0.6 is 0 Å². The molecule has 0 fully saturated rings. The monoisotopic (exact) mass is 349 g/mol. The van der Waals surface area contributed by atoms with E-state index in [2.05, 4.69) is 5.32 Å². The standard InChI is InChI=1S/C21H17FN2O2/c1-15-7-8-19(18(22)13-15)23-20(25)14-24-11-9-17(10-12-24)21(26)16-5-3-2-4-6-16/h2-13H,14H2,1H3/p+1. The number of amides is 1. The number of halogens is 1. The number of aromatic nitrogens is 1. The Balaban J connectivity index is 1.65. The van der Waals surface area contributed by atoms with Gasteiger partial charge in [-0.15, -0.1) is 0 Å². The van der Waals surface area contributed by atoms with Gasteiger partial charge in [0.2, 0.25) is 6.54 Å². The van der Waals surface area contributed by atoms with E-state index in [1.807, 2.05) is 18.2 Å². The molecular formula is C21H18FN2O2+. The van der Waals surface area contributed by atoms with Crippen molar-refractivity contribution in [2.24, 2.45) is 0 Å². The summed E-state index contributed by atoms with van der Waals surface area (Å²) in [6, 6.07) is 16.9. The first-order valence-electron chi connectivity index (χ1n) is 8.18. The van der Waals surface area contributed by atoms with Gasteiger partial charge in [0.05, 0.1) is 5.69 Å². The molecule has 3 aromatic rings. The smallest absolute Gasteiger partial charge is 0.290 e. The summed E-state index contributed by atoms with van der Waals surface area (Å²) in [5, 5.41) is 2.55. The maximum Gasteiger partial charge on any atom is 0.290 e. The highest BCUT2D eigenvalue weighted by molar-refractivity contribution is 6.08. The molecule has 1 heterocycles. The van der Waals surface area contributed by atoms with Gasteiger partial charge in [0.15, 0.2) is 18.2 Å². The molecule has 1 amide bonds. The summed E-state index contributed by atoms with van der Waals surface area (Å²) in [7, 11) is 0. The van der Waals surface area contributed by atoms with Crippen molar-refractivity contribution in [2.75, 3.05) is 5.32 Å². The molecule has 0 aliphatic carbocycles. The summed E-state index contributed by atoms with van der Waals surface area (Å²) < 4.78 is 15.4. The second-order valence-corrected chi connectivity index (χ2v) is 5.99. The van der Waals surface area contributed by atoms with E-state index in [0.29, 0.717) is 11.1 Å². The van der Waals surface area contributed by atoms with Crippen molar-refractivity contribution >= 4 is 17.4 Å². The van der Waals surface area contributed by atoms with E-state index < -0.39 is 5.82 Å². The van der Waals surface area contributed by atoms with Crippen molar-refractivity contribution in [1.82, 2.24) is 0 Å². The molecule has 130 valence electrons. The summed E-state index contributed by atoms with van der Waals surface area (Å²) >= 11 is 0. The van der Waals surface area contributed by atoms with Crippen molar-refractivity contribution in [2.45, 2.75) is 13.5 Å². The van der Waals surface area contributed by atoms with Gasteiger partial charge in [-0.1, -0.05) is 36.4 Å². The number of pyridine rings is 1. The molecule has 3 rings (SSSR count). The van der Waals surface area contributed by atoms with Gasteiger partial charge in [-0.25, -0.2) is 4.39 Å². The summed E-state index contributed by atoms with van der Waals surface area (Å²) in [4.78, 5) is 24.4. The summed E-state index contributed by atoms with van der Waals surface area (Å²) in [6.07, 6.45) is 3.31. The SMILES string of the molecule is Cc1ccc(NC(=O)C[n+]2ccc(C(=O)c3ccccc3)cc2)c(F)c1. The lowest BCUT2D eigenvalue weighted by atomic mass is 10.0. The number of nitrogens with zero attached hydrogens (tertiary/aromatic N) is 1. The maximum atomic E-state index is 13.8. The van der Waals surface area contributed by atoms with Crippen LogP contribution in [0.1, 0.15) is 21.5 Å².